The lowest BCUT2D eigenvalue weighted by molar-refractivity contribution is 0.196. The zero-order valence-corrected chi connectivity index (χ0v) is 12.7. The van der Waals surface area contributed by atoms with E-state index in [2.05, 4.69) is 24.1 Å². The SMILES string of the molecule is CCC(CC)(CCO)NCc1cc(=O)n2ccccc2n1. The van der Waals surface area contributed by atoms with Crippen molar-refractivity contribution in [3.63, 3.8) is 0 Å². The van der Waals surface area contributed by atoms with E-state index in [1.807, 2.05) is 18.2 Å². The number of pyridine rings is 1. The highest BCUT2D eigenvalue weighted by molar-refractivity contribution is 5.37. The molecule has 0 saturated heterocycles. The van der Waals surface area contributed by atoms with Gasteiger partial charge in [0.1, 0.15) is 5.65 Å². The molecular weight excluding hydrogens is 266 g/mol. The third kappa shape index (κ3) is 3.49. The van der Waals surface area contributed by atoms with Crippen LogP contribution in [0.25, 0.3) is 5.65 Å². The largest absolute Gasteiger partial charge is 0.396 e. The van der Waals surface area contributed by atoms with Crippen molar-refractivity contribution in [3.8, 4) is 0 Å². The number of aromatic nitrogens is 2. The maximum atomic E-state index is 12.0. The molecule has 2 aromatic rings. The minimum atomic E-state index is -0.0989. The lowest BCUT2D eigenvalue weighted by Crippen LogP contribution is -2.44. The Labute approximate surface area is 124 Å². The molecule has 0 spiro atoms. The van der Waals surface area contributed by atoms with Crippen LogP contribution in [0.4, 0.5) is 0 Å². The zero-order valence-electron chi connectivity index (χ0n) is 12.7. The Morgan fingerprint density at radius 3 is 2.76 bits per heavy atom. The molecule has 5 heteroatoms. The normalized spacial score (nSPS) is 12.0. The first kappa shape index (κ1) is 15.7. The molecule has 2 rings (SSSR count). The number of rotatable bonds is 7. The highest BCUT2D eigenvalue weighted by atomic mass is 16.3. The number of aliphatic hydroxyl groups is 1. The predicted octanol–water partition coefficient (Wildman–Crippen LogP) is 1.73. The van der Waals surface area contributed by atoms with Gasteiger partial charge in [-0.2, -0.15) is 0 Å². The molecule has 0 saturated carbocycles. The van der Waals surface area contributed by atoms with Gasteiger partial charge < -0.3 is 10.4 Å². The second-order valence-electron chi connectivity index (χ2n) is 5.33. The third-order valence-corrected chi connectivity index (χ3v) is 4.21. The van der Waals surface area contributed by atoms with E-state index in [-0.39, 0.29) is 17.7 Å². The average molecular weight is 289 g/mol. The quantitative estimate of drug-likeness (QED) is 0.814. The maximum absolute atomic E-state index is 12.0. The second kappa shape index (κ2) is 6.83. The molecule has 2 heterocycles. The molecule has 5 nitrogen and oxygen atoms in total. The van der Waals surface area contributed by atoms with Crippen molar-refractivity contribution >= 4 is 5.65 Å². The van der Waals surface area contributed by atoms with E-state index in [9.17, 15) is 9.90 Å². The summed E-state index contributed by atoms with van der Waals surface area (Å²) in [5.41, 5.74) is 1.22. The van der Waals surface area contributed by atoms with Crippen molar-refractivity contribution in [2.45, 2.75) is 45.2 Å². The fraction of sp³-hybridized carbons (Fsp3) is 0.500. The summed E-state index contributed by atoms with van der Waals surface area (Å²) in [6.07, 6.45) is 4.27. The van der Waals surface area contributed by atoms with Crippen molar-refractivity contribution in [1.29, 1.82) is 0 Å². The molecule has 0 amide bonds. The lowest BCUT2D eigenvalue weighted by Gasteiger charge is -2.32. The smallest absolute Gasteiger partial charge is 0.258 e. The summed E-state index contributed by atoms with van der Waals surface area (Å²) in [6.45, 7) is 4.90. The highest BCUT2D eigenvalue weighted by Gasteiger charge is 2.24. The van der Waals surface area contributed by atoms with Crippen molar-refractivity contribution in [1.82, 2.24) is 14.7 Å². The van der Waals surface area contributed by atoms with Gasteiger partial charge >= 0.3 is 0 Å². The molecule has 0 aliphatic rings. The Kier molecular flexibility index (Phi) is 5.09. The van der Waals surface area contributed by atoms with Gasteiger partial charge in [-0.15, -0.1) is 0 Å². The molecule has 0 unspecified atom stereocenters. The van der Waals surface area contributed by atoms with Crippen LogP contribution in [-0.4, -0.2) is 26.6 Å². The van der Waals surface area contributed by atoms with Crippen LogP contribution in [0, 0.1) is 0 Å². The molecule has 2 aromatic heterocycles. The summed E-state index contributed by atoms with van der Waals surface area (Å²) in [6, 6.07) is 7.07. The fourth-order valence-corrected chi connectivity index (χ4v) is 2.63. The van der Waals surface area contributed by atoms with Crippen molar-refractivity contribution in [2.24, 2.45) is 0 Å². The molecule has 0 radical (unpaired) electrons. The lowest BCUT2D eigenvalue weighted by atomic mass is 9.89. The topological polar surface area (TPSA) is 66.6 Å². The van der Waals surface area contributed by atoms with E-state index in [0.29, 0.717) is 18.6 Å². The van der Waals surface area contributed by atoms with Gasteiger partial charge in [-0.25, -0.2) is 4.98 Å². The summed E-state index contributed by atoms with van der Waals surface area (Å²) in [4.78, 5) is 16.5. The molecular formula is C16H23N3O2. The van der Waals surface area contributed by atoms with E-state index in [4.69, 9.17) is 0 Å². The van der Waals surface area contributed by atoms with Gasteiger partial charge in [-0.1, -0.05) is 19.9 Å². The van der Waals surface area contributed by atoms with Gasteiger partial charge in [0.05, 0.1) is 5.69 Å². The van der Waals surface area contributed by atoms with E-state index < -0.39 is 0 Å². The standard InChI is InChI=1S/C16H23N3O2/c1-3-16(4-2,8-10-20)17-12-13-11-15(21)19-9-6-5-7-14(19)18-13/h5-7,9,11,17,20H,3-4,8,10,12H2,1-2H3. The first-order valence-corrected chi connectivity index (χ1v) is 7.47. The number of fused-ring (bicyclic) bond motifs is 1. The molecule has 0 fully saturated rings. The van der Waals surface area contributed by atoms with Crippen molar-refractivity contribution in [2.75, 3.05) is 6.61 Å². The predicted molar refractivity (Wildman–Crippen MR) is 83.3 cm³/mol. The number of nitrogens with one attached hydrogen (secondary N) is 1. The number of aliphatic hydroxyl groups excluding tert-OH is 1. The van der Waals surface area contributed by atoms with Crippen LogP contribution >= 0.6 is 0 Å². The Hall–Kier alpha value is -1.72. The Balaban J connectivity index is 2.22. The van der Waals surface area contributed by atoms with E-state index >= 15 is 0 Å². The average Bonchev–Trinajstić information content (AvgIpc) is 2.52. The maximum Gasteiger partial charge on any atom is 0.258 e. The summed E-state index contributed by atoms with van der Waals surface area (Å²) in [5.74, 6) is 0. The van der Waals surface area contributed by atoms with Crippen LogP contribution in [0.3, 0.4) is 0 Å². The molecule has 21 heavy (non-hydrogen) atoms. The highest BCUT2D eigenvalue weighted by Crippen LogP contribution is 2.19. The van der Waals surface area contributed by atoms with E-state index in [0.717, 1.165) is 18.5 Å². The molecule has 0 atom stereocenters. The Morgan fingerprint density at radius 2 is 2.10 bits per heavy atom. The zero-order chi connectivity index (χ0) is 15.3. The number of hydrogen-bond acceptors (Lipinski definition) is 4. The van der Waals surface area contributed by atoms with Crippen molar-refractivity contribution < 1.29 is 5.11 Å². The van der Waals surface area contributed by atoms with Crippen LogP contribution in [0.2, 0.25) is 0 Å². The summed E-state index contributed by atoms with van der Waals surface area (Å²) in [7, 11) is 0. The monoisotopic (exact) mass is 289 g/mol. The minimum absolute atomic E-state index is 0.0712. The van der Waals surface area contributed by atoms with Gasteiger partial charge in [0.2, 0.25) is 0 Å². The first-order valence-electron chi connectivity index (χ1n) is 7.47. The molecule has 2 N–H and O–H groups in total. The summed E-state index contributed by atoms with van der Waals surface area (Å²) >= 11 is 0. The minimum Gasteiger partial charge on any atom is -0.396 e. The van der Waals surface area contributed by atoms with Gasteiger partial charge in [-0.3, -0.25) is 9.20 Å². The second-order valence-corrected chi connectivity index (χ2v) is 5.33. The molecule has 0 aliphatic heterocycles. The van der Waals surface area contributed by atoms with E-state index in [1.165, 1.54) is 4.40 Å². The van der Waals surface area contributed by atoms with E-state index in [1.54, 1.807) is 12.3 Å². The van der Waals surface area contributed by atoms with Crippen LogP contribution in [-0.2, 0) is 6.54 Å². The summed E-state index contributed by atoms with van der Waals surface area (Å²) in [5, 5.41) is 12.7. The fourth-order valence-electron chi connectivity index (χ4n) is 2.63. The van der Waals surface area contributed by atoms with Gasteiger partial charge in [0.25, 0.3) is 5.56 Å². The first-order chi connectivity index (χ1) is 10.1. The van der Waals surface area contributed by atoms with Crippen LogP contribution in [0.15, 0.2) is 35.3 Å². The Bertz CT molecular complexity index is 647. The van der Waals surface area contributed by atoms with Crippen LogP contribution < -0.4 is 10.9 Å². The Morgan fingerprint density at radius 1 is 1.33 bits per heavy atom. The van der Waals surface area contributed by atoms with Crippen LogP contribution in [0.1, 0.15) is 38.8 Å². The molecule has 0 aromatic carbocycles. The van der Waals surface area contributed by atoms with Crippen molar-refractivity contribution in [3.05, 3.63) is 46.5 Å². The van der Waals surface area contributed by atoms with Gasteiger partial charge in [0.15, 0.2) is 0 Å². The number of hydrogen-bond donors (Lipinski definition) is 2. The number of nitrogens with zero attached hydrogens (tertiary/aromatic N) is 2. The van der Waals surface area contributed by atoms with Gasteiger partial charge in [-0.05, 0) is 31.4 Å². The third-order valence-electron chi connectivity index (χ3n) is 4.21. The molecule has 0 bridgehead atoms. The van der Waals surface area contributed by atoms with Crippen LogP contribution in [0.5, 0.6) is 0 Å². The molecule has 0 aliphatic carbocycles. The molecule has 114 valence electrons. The summed E-state index contributed by atoms with van der Waals surface area (Å²) < 4.78 is 1.53. The van der Waals surface area contributed by atoms with Gasteiger partial charge in [0, 0.05) is 31.0 Å².